The van der Waals surface area contributed by atoms with Crippen molar-refractivity contribution in [2.24, 2.45) is 0 Å². The average Bonchev–Trinajstić information content (AvgIpc) is 3.99. The van der Waals surface area contributed by atoms with Crippen LogP contribution in [0.25, 0.3) is 86.1 Å². The van der Waals surface area contributed by atoms with Gasteiger partial charge in [-0.1, -0.05) is 154 Å². The number of hydrogen-bond acceptors (Lipinski definition) is 2. The fourth-order valence-corrected chi connectivity index (χ4v) is 13.0. The zero-order valence-corrected chi connectivity index (χ0v) is 35.8. The lowest BCUT2D eigenvalue weighted by Crippen LogP contribution is -2.41. The number of aromatic amines is 1. The summed E-state index contributed by atoms with van der Waals surface area (Å²) < 4.78 is 2.61. The predicted octanol–water partition coefficient (Wildman–Crippen LogP) is 14.6. The van der Waals surface area contributed by atoms with Crippen LogP contribution in [0.5, 0.6) is 0 Å². The second-order valence-corrected chi connectivity index (χ2v) is 19.8. The maximum absolute atomic E-state index is 3.96. The fraction of sp³-hybridized carbons (Fsp3) is 0.103. The van der Waals surface area contributed by atoms with E-state index in [4.69, 9.17) is 0 Å². The number of benzene rings is 9. The number of nitrogens with zero attached hydrogens (tertiary/aromatic N) is 1. The van der Waals surface area contributed by atoms with E-state index in [0.717, 1.165) is 5.52 Å². The van der Waals surface area contributed by atoms with Crippen molar-refractivity contribution in [1.82, 2.24) is 4.98 Å². The Bertz CT molecular complexity index is 3810. The summed E-state index contributed by atoms with van der Waals surface area (Å²) in [6.07, 6.45) is 0. The minimum absolute atomic E-state index is 0.0813. The molecular formula is C58H40BN2S. The fourth-order valence-electron chi connectivity index (χ4n) is 11.7. The van der Waals surface area contributed by atoms with E-state index in [-0.39, 0.29) is 10.8 Å². The lowest BCUT2D eigenvalue weighted by atomic mass is 9.57. The molecule has 0 saturated heterocycles. The number of H-pyrrole nitrogens is 1. The highest BCUT2D eigenvalue weighted by molar-refractivity contribution is 7.26. The van der Waals surface area contributed by atoms with Gasteiger partial charge in [0.15, 0.2) is 7.28 Å². The maximum atomic E-state index is 3.96. The van der Waals surface area contributed by atoms with E-state index < -0.39 is 0 Å². The normalized spacial score (nSPS) is 15.1. The first-order chi connectivity index (χ1) is 30.2. The number of anilines is 3. The molecule has 2 nitrogen and oxygen atoms in total. The SMILES string of the molecule is CC1(C)c2ccccc2-c2cc(N3c4cc5c(cc4[B]c4c(-c6cccc7c6[nH]c6cc8ccccc8cc67)cc6c(sc7ccccc76)c43)C(C)(C)c3ccccc3-5)ccc21. The highest BCUT2D eigenvalue weighted by Gasteiger charge is 2.40. The molecule has 2 aliphatic carbocycles. The molecule has 0 unspecified atom stereocenters. The number of aromatic nitrogens is 1. The largest absolute Gasteiger partial charge is 0.354 e. The number of rotatable bonds is 2. The van der Waals surface area contributed by atoms with E-state index in [2.05, 4.69) is 209 Å². The summed E-state index contributed by atoms with van der Waals surface area (Å²) >= 11 is 1.92. The van der Waals surface area contributed by atoms with Crippen LogP contribution >= 0.6 is 11.3 Å². The molecule has 291 valence electrons. The van der Waals surface area contributed by atoms with Crippen LogP contribution in [-0.4, -0.2) is 12.3 Å². The van der Waals surface area contributed by atoms with E-state index in [1.807, 2.05) is 11.3 Å². The lowest BCUT2D eigenvalue weighted by molar-refractivity contribution is 0.660. The van der Waals surface area contributed by atoms with Gasteiger partial charge in [0.2, 0.25) is 0 Å². The minimum Gasteiger partial charge on any atom is -0.354 e. The Balaban J connectivity index is 1.11. The van der Waals surface area contributed by atoms with Crippen molar-refractivity contribution in [3.05, 3.63) is 186 Å². The molecule has 1 radical (unpaired) electrons. The van der Waals surface area contributed by atoms with Gasteiger partial charge in [-0.25, -0.2) is 0 Å². The topological polar surface area (TPSA) is 19.0 Å². The van der Waals surface area contributed by atoms with Crippen molar-refractivity contribution in [2.45, 2.75) is 38.5 Å². The Morgan fingerprint density at radius 3 is 1.94 bits per heavy atom. The van der Waals surface area contributed by atoms with Crippen molar-refractivity contribution in [1.29, 1.82) is 0 Å². The van der Waals surface area contributed by atoms with Gasteiger partial charge in [0.25, 0.3) is 0 Å². The molecule has 1 N–H and O–H groups in total. The van der Waals surface area contributed by atoms with Crippen LogP contribution in [0.3, 0.4) is 0 Å². The number of hydrogen-bond donors (Lipinski definition) is 1. The average molecular weight is 808 g/mol. The Kier molecular flexibility index (Phi) is 6.70. The van der Waals surface area contributed by atoms with Gasteiger partial charge in [0.1, 0.15) is 0 Å². The Morgan fingerprint density at radius 1 is 0.484 bits per heavy atom. The Morgan fingerprint density at radius 2 is 1.13 bits per heavy atom. The molecule has 14 rings (SSSR count). The zero-order chi connectivity index (χ0) is 41.2. The summed E-state index contributed by atoms with van der Waals surface area (Å²) in [5.74, 6) is 0. The zero-order valence-electron chi connectivity index (χ0n) is 35.0. The molecule has 0 amide bonds. The Labute approximate surface area is 365 Å². The highest BCUT2D eigenvalue weighted by Crippen LogP contribution is 2.55. The van der Waals surface area contributed by atoms with Crippen LogP contribution in [0.15, 0.2) is 164 Å². The van der Waals surface area contributed by atoms with Crippen molar-refractivity contribution < 1.29 is 0 Å². The second kappa shape index (κ2) is 11.9. The highest BCUT2D eigenvalue weighted by atomic mass is 32.1. The van der Waals surface area contributed by atoms with E-state index in [1.54, 1.807) is 0 Å². The third-order valence-corrected chi connectivity index (χ3v) is 16.0. The maximum Gasteiger partial charge on any atom is 0.197 e. The summed E-state index contributed by atoms with van der Waals surface area (Å²) in [6.45, 7) is 9.54. The number of para-hydroxylation sites is 1. The summed E-state index contributed by atoms with van der Waals surface area (Å²) in [4.78, 5) is 6.59. The first-order valence-electron chi connectivity index (χ1n) is 21.8. The smallest absolute Gasteiger partial charge is 0.197 e. The standard InChI is InChI=1S/C58H40BN2S/c1-57(2)45-21-10-7-16-35(45)40-28-34(24-25-47(40)57)61-51-30-41-36-17-8-11-22-46(36)58(3,4)48(41)31-49(51)59-53-43(29-44-37-18-9-12-23-52(37)62-56(44)55(53)61)39-20-13-19-38-42-26-32-14-5-6-15-33(32)27-50(42)60-54(38)39/h5-31,60H,1-4H3. The van der Waals surface area contributed by atoms with Crippen LogP contribution < -0.4 is 15.8 Å². The molecule has 0 saturated carbocycles. The van der Waals surface area contributed by atoms with Gasteiger partial charge in [-0.3, -0.25) is 0 Å². The molecule has 0 spiro atoms. The molecule has 0 atom stereocenters. The predicted molar refractivity (Wildman–Crippen MR) is 266 cm³/mol. The van der Waals surface area contributed by atoms with Crippen LogP contribution in [-0.2, 0) is 10.8 Å². The Hall–Kier alpha value is -6.88. The lowest BCUT2D eigenvalue weighted by Gasteiger charge is -2.37. The molecule has 0 bridgehead atoms. The van der Waals surface area contributed by atoms with Gasteiger partial charge in [0, 0.05) is 59.5 Å². The monoisotopic (exact) mass is 807 g/mol. The van der Waals surface area contributed by atoms with Gasteiger partial charge in [-0.2, -0.15) is 0 Å². The van der Waals surface area contributed by atoms with Gasteiger partial charge in [-0.15, -0.1) is 11.3 Å². The molecule has 62 heavy (non-hydrogen) atoms. The quantitative estimate of drug-likeness (QED) is 0.172. The summed E-state index contributed by atoms with van der Waals surface area (Å²) in [7, 11) is 2.52. The van der Waals surface area contributed by atoms with E-state index >= 15 is 0 Å². The molecule has 9 aromatic carbocycles. The number of nitrogens with one attached hydrogen (secondary N) is 1. The van der Waals surface area contributed by atoms with Crippen molar-refractivity contribution >= 4 is 99.4 Å². The first kappa shape index (κ1) is 34.8. The number of thiophene rings is 1. The summed E-state index contributed by atoms with van der Waals surface area (Å²) in [6, 6.07) is 62.1. The molecule has 3 heterocycles. The first-order valence-corrected chi connectivity index (χ1v) is 22.7. The second-order valence-electron chi connectivity index (χ2n) is 18.8. The van der Waals surface area contributed by atoms with Gasteiger partial charge < -0.3 is 9.88 Å². The van der Waals surface area contributed by atoms with Crippen molar-refractivity contribution in [3.63, 3.8) is 0 Å². The van der Waals surface area contributed by atoms with Crippen molar-refractivity contribution in [2.75, 3.05) is 4.90 Å². The van der Waals surface area contributed by atoms with E-state index in [9.17, 15) is 0 Å². The molecule has 11 aromatic rings. The van der Waals surface area contributed by atoms with E-state index in [0.29, 0.717) is 0 Å². The molecule has 4 heteroatoms. The van der Waals surface area contributed by atoms with Crippen LogP contribution in [0, 0.1) is 0 Å². The van der Waals surface area contributed by atoms with Gasteiger partial charge >= 0.3 is 0 Å². The third-order valence-electron chi connectivity index (χ3n) is 14.8. The van der Waals surface area contributed by atoms with Crippen LogP contribution in [0.2, 0.25) is 0 Å². The van der Waals surface area contributed by atoms with Crippen LogP contribution in [0.1, 0.15) is 49.9 Å². The molecule has 2 aromatic heterocycles. The molecule has 3 aliphatic rings. The molecule has 0 fully saturated rings. The van der Waals surface area contributed by atoms with E-state index in [1.165, 1.54) is 131 Å². The van der Waals surface area contributed by atoms with Gasteiger partial charge in [0.05, 0.1) is 15.9 Å². The van der Waals surface area contributed by atoms with Crippen molar-refractivity contribution in [3.8, 4) is 33.4 Å². The summed E-state index contributed by atoms with van der Waals surface area (Å²) in [5, 5.41) is 7.60. The van der Waals surface area contributed by atoms with Gasteiger partial charge in [-0.05, 0) is 109 Å². The third kappa shape index (κ3) is 4.45. The molecular weight excluding hydrogens is 768 g/mol. The minimum atomic E-state index is -0.124. The summed E-state index contributed by atoms with van der Waals surface area (Å²) in [5.41, 5.74) is 21.6. The molecule has 1 aliphatic heterocycles. The number of fused-ring (bicyclic) bond motifs is 16. The van der Waals surface area contributed by atoms with Crippen LogP contribution in [0.4, 0.5) is 17.1 Å².